The number of epoxide rings is 1. The van der Waals surface area contributed by atoms with Crippen molar-refractivity contribution in [1.82, 2.24) is 0 Å². The minimum atomic E-state index is -0.543. The molecule has 0 aliphatic carbocycles. The second-order valence-corrected chi connectivity index (χ2v) is 2.66. The van der Waals surface area contributed by atoms with Gasteiger partial charge in [0.25, 0.3) is 0 Å². The first kappa shape index (κ1) is 8.93. The lowest BCUT2D eigenvalue weighted by atomic mass is 10.3. The van der Waals surface area contributed by atoms with Crippen molar-refractivity contribution in [2.45, 2.75) is 18.6 Å². The van der Waals surface area contributed by atoms with E-state index in [4.69, 9.17) is 19.7 Å². The van der Waals surface area contributed by atoms with E-state index in [0.29, 0.717) is 19.6 Å². The molecular formula is C7H14O4. The molecule has 4 nitrogen and oxygen atoms in total. The Morgan fingerprint density at radius 3 is 2.91 bits per heavy atom. The maximum absolute atomic E-state index is 9.06. The summed E-state index contributed by atoms with van der Waals surface area (Å²) in [5, 5.41) is 17.5. The van der Waals surface area contributed by atoms with Crippen LogP contribution >= 0.6 is 0 Å². The Bertz CT molecular complexity index is 103. The highest BCUT2D eigenvalue weighted by atomic mass is 16.6. The molecule has 0 aromatic carbocycles. The molecule has 1 aliphatic rings. The van der Waals surface area contributed by atoms with Gasteiger partial charge in [0.1, 0.15) is 6.10 Å². The van der Waals surface area contributed by atoms with Crippen LogP contribution in [-0.2, 0) is 9.47 Å². The SMILES string of the molecule is OCCC(O)COCC1CO1. The lowest BCUT2D eigenvalue weighted by Crippen LogP contribution is -2.18. The van der Waals surface area contributed by atoms with Crippen molar-refractivity contribution < 1.29 is 19.7 Å². The molecule has 1 heterocycles. The van der Waals surface area contributed by atoms with Crippen LogP contribution in [0.3, 0.4) is 0 Å². The van der Waals surface area contributed by atoms with Crippen LogP contribution in [0.15, 0.2) is 0 Å². The van der Waals surface area contributed by atoms with E-state index < -0.39 is 6.10 Å². The molecule has 66 valence electrons. The highest BCUT2D eigenvalue weighted by molar-refractivity contribution is 4.67. The highest BCUT2D eigenvalue weighted by Gasteiger charge is 2.22. The van der Waals surface area contributed by atoms with Gasteiger partial charge in [-0.1, -0.05) is 0 Å². The van der Waals surface area contributed by atoms with Gasteiger partial charge in [-0.15, -0.1) is 0 Å². The van der Waals surface area contributed by atoms with Crippen LogP contribution in [0, 0.1) is 0 Å². The van der Waals surface area contributed by atoms with Crippen LogP contribution in [0.2, 0.25) is 0 Å². The Morgan fingerprint density at radius 2 is 2.36 bits per heavy atom. The monoisotopic (exact) mass is 162 g/mol. The largest absolute Gasteiger partial charge is 0.396 e. The van der Waals surface area contributed by atoms with E-state index in [1.54, 1.807) is 0 Å². The van der Waals surface area contributed by atoms with Gasteiger partial charge in [0, 0.05) is 6.61 Å². The van der Waals surface area contributed by atoms with Crippen LogP contribution in [-0.4, -0.2) is 48.8 Å². The van der Waals surface area contributed by atoms with Gasteiger partial charge in [0.15, 0.2) is 0 Å². The topological polar surface area (TPSA) is 62.2 Å². The molecule has 11 heavy (non-hydrogen) atoms. The summed E-state index contributed by atoms with van der Waals surface area (Å²) >= 11 is 0. The molecule has 2 atom stereocenters. The highest BCUT2D eigenvalue weighted by Crippen LogP contribution is 2.08. The smallest absolute Gasteiger partial charge is 0.104 e. The number of aliphatic hydroxyl groups is 2. The first-order valence-electron chi connectivity index (χ1n) is 3.81. The lowest BCUT2D eigenvalue weighted by Gasteiger charge is -2.07. The third-order valence-corrected chi connectivity index (χ3v) is 1.48. The first-order valence-corrected chi connectivity index (χ1v) is 3.81. The summed E-state index contributed by atoms with van der Waals surface area (Å²) in [7, 11) is 0. The number of rotatable bonds is 6. The Morgan fingerprint density at radius 1 is 1.64 bits per heavy atom. The van der Waals surface area contributed by atoms with Crippen molar-refractivity contribution in [2.24, 2.45) is 0 Å². The molecule has 4 heteroatoms. The Labute approximate surface area is 65.7 Å². The van der Waals surface area contributed by atoms with Crippen LogP contribution in [0.1, 0.15) is 6.42 Å². The van der Waals surface area contributed by atoms with Gasteiger partial charge >= 0.3 is 0 Å². The molecule has 1 aliphatic heterocycles. The second kappa shape index (κ2) is 4.66. The average Bonchev–Trinajstić information content (AvgIpc) is 2.72. The molecule has 1 rings (SSSR count). The third-order valence-electron chi connectivity index (χ3n) is 1.48. The average molecular weight is 162 g/mol. The predicted molar refractivity (Wildman–Crippen MR) is 38.3 cm³/mol. The fraction of sp³-hybridized carbons (Fsp3) is 1.00. The van der Waals surface area contributed by atoms with Crippen LogP contribution in [0.5, 0.6) is 0 Å². The summed E-state index contributed by atoms with van der Waals surface area (Å²) in [6.07, 6.45) is 0.0843. The van der Waals surface area contributed by atoms with Crippen molar-refractivity contribution in [1.29, 1.82) is 0 Å². The van der Waals surface area contributed by atoms with Crippen molar-refractivity contribution >= 4 is 0 Å². The minimum absolute atomic E-state index is 0.00442. The predicted octanol–water partition coefficient (Wildman–Crippen LogP) is -0.855. The fourth-order valence-corrected chi connectivity index (χ4v) is 0.732. The Balaban J connectivity index is 1.84. The molecule has 1 fully saturated rings. The van der Waals surface area contributed by atoms with Crippen molar-refractivity contribution in [3.8, 4) is 0 Å². The normalized spacial score (nSPS) is 25.1. The van der Waals surface area contributed by atoms with Gasteiger partial charge in [-0.05, 0) is 6.42 Å². The molecule has 0 saturated carbocycles. The number of aliphatic hydroxyl groups excluding tert-OH is 2. The van der Waals surface area contributed by atoms with E-state index in [2.05, 4.69) is 0 Å². The minimum Gasteiger partial charge on any atom is -0.396 e. The first-order chi connectivity index (χ1) is 5.33. The maximum atomic E-state index is 9.06. The fourth-order valence-electron chi connectivity index (χ4n) is 0.732. The van der Waals surface area contributed by atoms with Gasteiger partial charge in [0.2, 0.25) is 0 Å². The van der Waals surface area contributed by atoms with E-state index in [-0.39, 0.29) is 12.7 Å². The molecule has 0 spiro atoms. The zero-order valence-corrected chi connectivity index (χ0v) is 6.40. The van der Waals surface area contributed by atoms with Gasteiger partial charge in [-0.25, -0.2) is 0 Å². The van der Waals surface area contributed by atoms with Gasteiger partial charge in [-0.2, -0.15) is 0 Å². The molecule has 0 radical (unpaired) electrons. The molecular weight excluding hydrogens is 148 g/mol. The van der Waals surface area contributed by atoms with Crippen LogP contribution < -0.4 is 0 Å². The Kier molecular flexibility index (Phi) is 3.79. The lowest BCUT2D eigenvalue weighted by molar-refractivity contribution is 0.0189. The summed E-state index contributed by atoms with van der Waals surface area (Å²) in [4.78, 5) is 0. The van der Waals surface area contributed by atoms with Crippen molar-refractivity contribution in [2.75, 3.05) is 26.4 Å². The summed E-state index contributed by atoms with van der Waals surface area (Å²) < 4.78 is 9.98. The van der Waals surface area contributed by atoms with Crippen molar-refractivity contribution in [3.05, 3.63) is 0 Å². The van der Waals surface area contributed by atoms with E-state index in [0.717, 1.165) is 6.61 Å². The summed E-state index contributed by atoms with van der Waals surface area (Å²) in [5.41, 5.74) is 0. The summed E-state index contributed by atoms with van der Waals surface area (Å²) in [5.74, 6) is 0. The molecule has 0 aromatic heterocycles. The van der Waals surface area contributed by atoms with E-state index in [1.807, 2.05) is 0 Å². The summed E-state index contributed by atoms with van der Waals surface area (Å²) in [6.45, 7) is 1.63. The Hall–Kier alpha value is -0.160. The van der Waals surface area contributed by atoms with E-state index in [9.17, 15) is 0 Å². The van der Waals surface area contributed by atoms with Crippen molar-refractivity contribution in [3.63, 3.8) is 0 Å². The van der Waals surface area contributed by atoms with Crippen LogP contribution in [0.4, 0.5) is 0 Å². The van der Waals surface area contributed by atoms with E-state index >= 15 is 0 Å². The quantitative estimate of drug-likeness (QED) is 0.499. The van der Waals surface area contributed by atoms with Gasteiger partial charge in [0.05, 0.1) is 25.9 Å². The van der Waals surface area contributed by atoms with E-state index in [1.165, 1.54) is 0 Å². The molecule has 0 bridgehead atoms. The second-order valence-electron chi connectivity index (χ2n) is 2.66. The molecule has 1 saturated heterocycles. The zero-order chi connectivity index (χ0) is 8.10. The summed E-state index contributed by atoms with van der Waals surface area (Å²) in [6, 6.07) is 0. The number of hydrogen-bond donors (Lipinski definition) is 2. The molecule has 0 amide bonds. The maximum Gasteiger partial charge on any atom is 0.104 e. The molecule has 2 unspecified atom stereocenters. The van der Waals surface area contributed by atoms with Gasteiger partial charge < -0.3 is 19.7 Å². The number of ether oxygens (including phenoxy) is 2. The molecule has 2 N–H and O–H groups in total. The third kappa shape index (κ3) is 4.31. The molecule has 0 aromatic rings. The van der Waals surface area contributed by atoms with Gasteiger partial charge in [-0.3, -0.25) is 0 Å². The van der Waals surface area contributed by atoms with Crippen LogP contribution in [0.25, 0.3) is 0 Å². The zero-order valence-electron chi connectivity index (χ0n) is 6.40. The standard InChI is InChI=1S/C7H14O4/c8-2-1-6(9)3-10-4-7-5-11-7/h6-9H,1-5H2. The number of hydrogen-bond acceptors (Lipinski definition) is 4.